The number of benzene rings is 3. The number of sulfonamides is 1. The van der Waals surface area contributed by atoms with E-state index in [-0.39, 0.29) is 16.1 Å². The minimum absolute atomic E-state index is 0.0721. The molecule has 0 unspecified atom stereocenters. The fourth-order valence-electron chi connectivity index (χ4n) is 3.37. The summed E-state index contributed by atoms with van der Waals surface area (Å²) in [7, 11) is -0.748. The molecule has 1 heterocycles. The topological polar surface area (TPSA) is 99.0 Å². The number of amides is 1. The minimum atomic E-state index is -3.85. The van der Waals surface area contributed by atoms with E-state index in [1.165, 1.54) is 36.6 Å². The molecule has 182 valence electrons. The summed E-state index contributed by atoms with van der Waals surface area (Å²) in [5.41, 5.74) is 1.38. The maximum atomic E-state index is 13.0. The fraction of sp³-hybridized carbons (Fsp3) is 0.167. The Morgan fingerprint density at radius 1 is 1.09 bits per heavy atom. The lowest BCUT2D eigenvalue weighted by Gasteiger charge is -2.09. The zero-order valence-corrected chi connectivity index (χ0v) is 21.3. The number of ether oxygens (including phenoxy) is 2. The Hall–Kier alpha value is -3.18. The second kappa shape index (κ2) is 10.6. The molecule has 0 atom stereocenters. The van der Waals surface area contributed by atoms with Gasteiger partial charge in [-0.25, -0.2) is 8.42 Å². The predicted octanol–water partition coefficient (Wildman–Crippen LogP) is 4.55. The van der Waals surface area contributed by atoms with Gasteiger partial charge in [0.25, 0.3) is 15.9 Å². The third-order valence-corrected chi connectivity index (χ3v) is 7.77. The van der Waals surface area contributed by atoms with Crippen LogP contribution in [0.1, 0.15) is 10.4 Å². The number of rotatable bonds is 8. The molecule has 35 heavy (non-hydrogen) atoms. The number of carbonyl (C=O) groups excluding carboxylic acids is 1. The molecule has 0 bridgehead atoms. The number of carbonyl (C=O) groups is 1. The van der Waals surface area contributed by atoms with Crippen LogP contribution >= 0.6 is 22.9 Å². The molecule has 8 nitrogen and oxygen atoms in total. The molecular formula is C24H22ClN3O5S2. The quantitative estimate of drug-likeness (QED) is 0.359. The standard InChI is InChI=1S/C24H22ClN3O5S2/c1-32-13-12-28-21-11-6-17(25)15-22(21)34-24(28)26-23(29)16-4-3-5-18(14-16)27-35(30,31)20-9-7-19(33-2)8-10-20/h3-11,14-15,27H,12-13H2,1-2H3. The molecule has 0 aliphatic carbocycles. The van der Waals surface area contributed by atoms with E-state index in [1.807, 2.05) is 16.7 Å². The van der Waals surface area contributed by atoms with E-state index in [4.69, 9.17) is 21.1 Å². The lowest BCUT2D eigenvalue weighted by atomic mass is 10.2. The van der Waals surface area contributed by atoms with Gasteiger partial charge in [-0.2, -0.15) is 4.99 Å². The van der Waals surface area contributed by atoms with Gasteiger partial charge in [0, 0.05) is 29.9 Å². The Kier molecular flexibility index (Phi) is 7.56. The molecule has 0 aliphatic heterocycles. The number of nitrogens with one attached hydrogen (secondary N) is 1. The van der Waals surface area contributed by atoms with E-state index >= 15 is 0 Å². The van der Waals surface area contributed by atoms with Crippen molar-refractivity contribution in [2.24, 2.45) is 4.99 Å². The van der Waals surface area contributed by atoms with Crippen molar-refractivity contribution >= 4 is 54.8 Å². The van der Waals surface area contributed by atoms with Crippen LogP contribution in [-0.4, -0.2) is 39.7 Å². The summed E-state index contributed by atoms with van der Waals surface area (Å²) in [6.45, 7) is 0.949. The highest BCUT2D eigenvalue weighted by atomic mass is 35.5. The number of nitrogens with zero attached hydrogens (tertiary/aromatic N) is 2. The monoisotopic (exact) mass is 531 g/mol. The van der Waals surface area contributed by atoms with Crippen LogP contribution in [0.4, 0.5) is 5.69 Å². The highest BCUT2D eigenvalue weighted by Crippen LogP contribution is 2.23. The highest BCUT2D eigenvalue weighted by Gasteiger charge is 2.16. The molecule has 0 saturated carbocycles. The lowest BCUT2D eigenvalue weighted by Crippen LogP contribution is -2.19. The summed E-state index contributed by atoms with van der Waals surface area (Å²) in [6.07, 6.45) is 0. The number of hydrogen-bond donors (Lipinski definition) is 1. The summed E-state index contributed by atoms with van der Waals surface area (Å²) in [6, 6.07) is 17.7. The van der Waals surface area contributed by atoms with E-state index in [0.29, 0.717) is 28.7 Å². The van der Waals surface area contributed by atoms with Crippen LogP contribution in [0, 0.1) is 0 Å². The van der Waals surface area contributed by atoms with Gasteiger partial charge in [-0.15, -0.1) is 0 Å². The van der Waals surface area contributed by atoms with Crippen LogP contribution in [0.3, 0.4) is 0 Å². The number of halogens is 1. The van der Waals surface area contributed by atoms with E-state index in [9.17, 15) is 13.2 Å². The molecule has 0 aliphatic rings. The van der Waals surface area contributed by atoms with Crippen LogP contribution < -0.4 is 14.3 Å². The van der Waals surface area contributed by atoms with Crippen LogP contribution in [0.2, 0.25) is 5.02 Å². The molecule has 0 fully saturated rings. The van der Waals surface area contributed by atoms with Crippen molar-refractivity contribution in [2.75, 3.05) is 25.5 Å². The first-order chi connectivity index (χ1) is 16.8. The summed E-state index contributed by atoms with van der Waals surface area (Å²) in [5.74, 6) is 0.0451. The molecule has 1 amide bonds. The molecule has 0 spiro atoms. The summed E-state index contributed by atoms with van der Waals surface area (Å²) < 4.78 is 41.1. The van der Waals surface area contributed by atoms with Crippen LogP contribution in [0.5, 0.6) is 5.75 Å². The first-order valence-corrected chi connectivity index (χ1v) is 13.1. The van der Waals surface area contributed by atoms with Crippen molar-refractivity contribution in [3.63, 3.8) is 0 Å². The van der Waals surface area contributed by atoms with E-state index < -0.39 is 15.9 Å². The smallest absolute Gasteiger partial charge is 0.279 e. The predicted molar refractivity (Wildman–Crippen MR) is 137 cm³/mol. The van der Waals surface area contributed by atoms with E-state index in [2.05, 4.69) is 9.71 Å². The number of hydrogen-bond acceptors (Lipinski definition) is 6. The van der Waals surface area contributed by atoms with Gasteiger partial charge in [0.05, 0.1) is 28.8 Å². The third-order valence-electron chi connectivity index (χ3n) is 5.09. The third kappa shape index (κ3) is 5.73. The maximum absolute atomic E-state index is 13.0. The SMILES string of the molecule is COCCn1c(=NC(=O)c2cccc(NS(=O)(=O)c3ccc(OC)cc3)c2)sc2cc(Cl)ccc21. The molecular weight excluding hydrogens is 510 g/mol. The van der Waals surface area contributed by atoms with Gasteiger partial charge < -0.3 is 14.0 Å². The van der Waals surface area contributed by atoms with Gasteiger partial charge in [0.1, 0.15) is 5.75 Å². The molecule has 4 aromatic rings. The molecule has 3 aromatic carbocycles. The first kappa shape index (κ1) is 24.9. The number of aromatic nitrogens is 1. The van der Waals surface area contributed by atoms with Gasteiger partial charge >= 0.3 is 0 Å². The second-order valence-corrected chi connectivity index (χ2v) is 10.5. The number of fused-ring (bicyclic) bond motifs is 1. The summed E-state index contributed by atoms with van der Waals surface area (Å²) in [5, 5.41) is 0.590. The molecule has 11 heteroatoms. The van der Waals surface area contributed by atoms with Crippen molar-refractivity contribution in [3.8, 4) is 5.75 Å². The fourth-order valence-corrected chi connectivity index (χ4v) is 5.75. The Balaban J connectivity index is 1.64. The number of methoxy groups -OCH3 is 2. The van der Waals surface area contributed by atoms with Crippen molar-refractivity contribution in [2.45, 2.75) is 11.4 Å². The van der Waals surface area contributed by atoms with Crippen LogP contribution in [0.25, 0.3) is 10.2 Å². The molecule has 4 rings (SSSR count). The maximum Gasteiger partial charge on any atom is 0.279 e. The highest BCUT2D eigenvalue weighted by molar-refractivity contribution is 7.92. The van der Waals surface area contributed by atoms with Gasteiger partial charge in [-0.1, -0.05) is 29.0 Å². The van der Waals surface area contributed by atoms with Crippen molar-refractivity contribution in [3.05, 3.63) is 82.1 Å². The van der Waals surface area contributed by atoms with Crippen LogP contribution in [0.15, 0.2) is 76.6 Å². The van der Waals surface area contributed by atoms with Gasteiger partial charge in [0.15, 0.2) is 4.80 Å². The van der Waals surface area contributed by atoms with Gasteiger partial charge in [-0.3, -0.25) is 9.52 Å². The Morgan fingerprint density at radius 3 is 2.57 bits per heavy atom. The van der Waals surface area contributed by atoms with Gasteiger partial charge in [-0.05, 0) is 60.7 Å². The Labute approximate surface area is 211 Å². The van der Waals surface area contributed by atoms with Crippen molar-refractivity contribution < 1.29 is 22.7 Å². The normalized spacial score (nSPS) is 12.1. The lowest BCUT2D eigenvalue weighted by molar-refractivity contribution is 0.0997. The van der Waals surface area contributed by atoms with E-state index in [0.717, 1.165) is 10.2 Å². The van der Waals surface area contributed by atoms with Gasteiger partial charge in [0.2, 0.25) is 0 Å². The second-order valence-electron chi connectivity index (χ2n) is 7.42. The summed E-state index contributed by atoms with van der Waals surface area (Å²) >= 11 is 7.47. The largest absolute Gasteiger partial charge is 0.497 e. The molecule has 0 radical (unpaired) electrons. The average Bonchev–Trinajstić information content (AvgIpc) is 3.18. The average molecular weight is 532 g/mol. The minimum Gasteiger partial charge on any atom is -0.497 e. The Bertz CT molecular complexity index is 1540. The van der Waals surface area contributed by atoms with Crippen LogP contribution in [-0.2, 0) is 21.3 Å². The molecule has 1 N–H and O–H groups in total. The van der Waals surface area contributed by atoms with E-state index in [1.54, 1.807) is 43.5 Å². The number of thiazole rings is 1. The molecule has 0 saturated heterocycles. The zero-order valence-electron chi connectivity index (χ0n) is 18.9. The summed E-state index contributed by atoms with van der Waals surface area (Å²) in [4.78, 5) is 17.9. The van der Waals surface area contributed by atoms with Crippen molar-refractivity contribution in [1.82, 2.24) is 4.57 Å². The van der Waals surface area contributed by atoms with Crippen molar-refractivity contribution in [1.29, 1.82) is 0 Å². The first-order valence-electron chi connectivity index (χ1n) is 10.4. The number of anilines is 1. The Morgan fingerprint density at radius 2 is 1.86 bits per heavy atom. The molecule has 1 aromatic heterocycles. The zero-order chi connectivity index (χ0) is 25.0.